The molecule has 1 aromatic heterocycles. The second-order valence-corrected chi connectivity index (χ2v) is 5.72. The lowest BCUT2D eigenvalue weighted by atomic mass is 10.2. The number of hydrogen-bond acceptors (Lipinski definition) is 5. The standard InChI is InChI=1S/C15H14ClNO3S/c16-14-4-1-5-15(13(14)7-17)20-9-11(18)8-19-10-12-3-2-6-21-12/h1-6,11,18H,8-10H2. The van der Waals surface area contributed by atoms with E-state index in [2.05, 4.69) is 0 Å². The van der Waals surface area contributed by atoms with Gasteiger partial charge in [-0.1, -0.05) is 23.7 Å². The number of rotatable bonds is 7. The van der Waals surface area contributed by atoms with Crippen molar-refractivity contribution in [2.24, 2.45) is 0 Å². The van der Waals surface area contributed by atoms with Crippen LogP contribution in [0.25, 0.3) is 0 Å². The molecule has 1 heterocycles. The summed E-state index contributed by atoms with van der Waals surface area (Å²) in [7, 11) is 0. The molecule has 0 amide bonds. The number of nitriles is 1. The van der Waals surface area contributed by atoms with E-state index in [-0.39, 0.29) is 18.8 Å². The van der Waals surface area contributed by atoms with E-state index in [1.54, 1.807) is 29.5 Å². The summed E-state index contributed by atoms with van der Waals surface area (Å²) in [6.07, 6.45) is -0.768. The van der Waals surface area contributed by atoms with Gasteiger partial charge in [-0.2, -0.15) is 5.26 Å². The maximum atomic E-state index is 9.81. The average molecular weight is 324 g/mol. The van der Waals surface area contributed by atoms with Crippen molar-refractivity contribution < 1.29 is 14.6 Å². The van der Waals surface area contributed by atoms with Crippen LogP contribution in [0.5, 0.6) is 5.75 Å². The minimum atomic E-state index is -0.768. The van der Waals surface area contributed by atoms with Crippen molar-refractivity contribution in [1.29, 1.82) is 5.26 Å². The second-order valence-electron chi connectivity index (χ2n) is 4.28. The molecule has 1 N–H and O–H groups in total. The molecule has 1 aromatic carbocycles. The first-order chi connectivity index (χ1) is 10.2. The summed E-state index contributed by atoms with van der Waals surface area (Å²) in [6, 6.07) is 10.9. The molecule has 0 spiro atoms. The van der Waals surface area contributed by atoms with Crippen molar-refractivity contribution in [2.45, 2.75) is 12.7 Å². The molecule has 6 heteroatoms. The summed E-state index contributed by atoms with van der Waals surface area (Å²) < 4.78 is 10.8. The lowest BCUT2D eigenvalue weighted by Crippen LogP contribution is -2.23. The molecule has 4 nitrogen and oxygen atoms in total. The lowest BCUT2D eigenvalue weighted by molar-refractivity contribution is 0.00620. The SMILES string of the molecule is N#Cc1c(Cl)cccc1OCC(O)COCc1cccs1. The fourth-order valence-electron chi connectivity index (χ4n) is 1.66. The van der Waals surface area contributed by atoms with Gasteiger partial charge in [-0.3, -0.25) is 0 Å². The van der Waals surface area contributed by atoms with Crippen LogP contribution in [0.1, 0.15) is 10.4 Å². The van der Waals surface area contributed by atoms with E-state index in [1.165, 1.54) is 0 Å². The van der Waals surface area contributed by atoms with Crippen molar-refractivity contribution in [1.82, 2.24) is 0 Å². The first-order valence-electron chi connectivity index (χ1n) is 6.30. The topological polar surface area (TPSA) is 62.5 Å². The van der Waals surface area contributed by atoms with Gasteiger partial charge in [0.1, 0.15) is 30.1 Å². The van der Waals surface area contributed by atoms with E-state index in [0.717, 1.165) is 4.88 Å². The van der Waals surface area contributed by atoms with Gasteiger partial charge in [0.2, 0.25) is 0 Å². The summed E-state index contributed by atoms with van der Waals surface area (Å²) >= 11 is 7.50. The van der Waals surface area contributed by atoms with Crippen molar-refractivity contribution in [3.05, 3.63) is 51.2 Å². The van der Waals surface area contributed by atoms with E-state index in [0.29, 0.717) is 17.4 Å². The minimum Gasteiger partial charge on any atom is -0.489 e. The molecule has 0 saturated heterocycles. The zero-order valence-electron chi connectivity index (χ0n) is 11.2. The molecule has 1 unspecified atom stereocenters. The molecule has 2 rings (SSSR count). The highest BCUT2D eigenvalue weighted by atomic mass is 35.5. The van der Waals surface area contributed by atoms with Gasteiger partial charge in [0.25, 0.3) is 0 Å². The second kappa shape index (κ2) is 8.01. The van der Waals surface area contributed by atoms with Gasteiger partial charge in [-0.25, -0.2) is 0 Å². The molecule has 0 fully saturated rings. The quantitative estimate of drug-likeness (QED) is 0.849. The maximum absolute atomic E-state index is 9.81. The number of ether oxygens (including phenoxy) is 2. The highest BCUT2D eigenvalue weighted by Crippen LogP contribution is 2.25. The van der Waals surface area contributed by atoms with E-state index in [9.17, 15) is 5.11 Å². The van der Waals surface area contributed by atoms with Crippen LogP contribution in [-0.2, 0) is 11.3 Å². The Morgan fingerprint density at radius 2 is 2.14 bits per heavy atom. The Hall–Kier alpha value is -1.58. The molecule has 110 valence electrons. The minimum absolute atomic E-state index is 0.0411. The lowest BCUT2D eigenvalue weighted by Gasteiger charge is -2.13. The molecular formula is C15H14ClNO3S. The molecule has 21 heavy (non-hydrogen) atoms. The fourth-order valence-corrected chi connectivity index (χ4v) is 2.51. The van der Waals surface area contributed by atoms with Crippen LogP contribution in [0, 0.1) is 11.3 Å². The Labute approximate surface area is 132 Å². The van der Waals surface area contributed by atoms with Crippen LogP contribution < -0.4 is 4.74 Å². The first-order valence-corrected chi connectivity index (χ1v) is 7.56. The summed E-state index contributed by atoms with van der Waals surface area (Å²) in [6.45, 7) is 0.676. The third-order valence-corrected chi connectivity index (χ3v) is 3.82. The van der Waals surface area contributed by atoms with Gasteiger partial charge in [0.05, 0.1) is 18.2 Å². The van der Waals surface area contributed by atoms with Crippen LogP contribution >= 0.6 is 22.9 Å². The van der Waals surface area contributed by atoms with Gasteiger partial charge in [0.15, 0.2) is 0 Å². The number of aliphatic hydroxyl groups excluding tert-OH is 1. The van der Waals surface area contributed by atoms with Crippen LogP contribution in [0.3, 0.4) is 0 Å². The smallest absolute Gasteiger partial charge is 0.138 e. The fraction of sp³-hybridized carbons (Fsp3) is 0.267. The molecule has 0 aliphatic heterocycles. The highest BCUT2D eigenvalue weighted by Gasteiger charge is 2.11. The van der Waals surface area contributed by atoms with E-state index >= 15 is 0 Å². The molecule has 0 radical (unpaired) electrons. The van der Waals surface area contributed by atoms with Crippen molar-refractivity contribution in [3.8, 4) is 11.8 Å². The Morgan fingerprint density at radius 3 is 2.86 bits per heavy atom. The summed E-state index contributed by atoms with van der Waals surface area (Å²) in [5.41, 5.74) is 0.269. The number of aliphatic hydroxyl groups is 1. The number of benzene rings is 1. The molecular weight excluding hydrogens is 310 g/mol. The maximum Gasteiger partial charge on any atom is 0.138 e. The molecule has 0 saturated carbocycles. The summed E-state index contributed by atoms with van der Waals surface area (Å²) in [4.78, 5) is 1.10. The Balaban J connectivity index is 1.77. The monoisotopic (exact) mass is 323 g/mol. The summed E-state index contributed by atoms with van der Waals surface area (Å²) in [5, 5.41) is 21.1. The molecule has 0 aliphatic rings. The predicted molar refractivity (Wildman–Crippen MR) is 81.6 cm³/mol. The molecule has 0 aliphatic carbocycles. The van der Waals surface area contributed by atoms with E-state index in [4.69, 9.17) is 26.3 Å². The summed E-state index contributed by atoms with van der Waals surface area (Å²) in [5.74, 6) is 0.363. The van der Waals surface area contributed by atoms with Crippen LogP contribution in [0.15, 0.2) is 35.7 Å². The van der Waals surface area contributed by atoms with E-state index < -0.39 is 6.10 Å². The van der Waals surface area contributed by atoms with Crippen molar-refractivity contribution in [2.75, 3.05) is 13.2 Å². The Bertz CT molecular complexity index is 610. The third-order valence-electron chi connectivity index (χ3n) is 2.65. The van der Waals surface area contributed by atoms with E-state index in [1.807, 2.05) is 23.6 Å². The Morgan fingerprint density at radius 1 is 1.29 bits per heavy atom. The van der Waals surface area contributed by atoms with Gasteiger partial charge in [-0.05, 0) is 23.6 Å². The van der Waals surface area contributed by atoms with Gasteiger partial charge in [0, 0.05) is 4.88 Å². The van der Waals surface area contributed by atoms with Crippen LogP contribution in [0.2, 0.25) is 5.02 Å². The molecule has 1 atom stereocenters. The Kier molecular flexibility index (Phi) is 6.03. The van der Waals surface area contributed by atoms with Crippen LogP contribution in [0.4, 0.5) is 0 Å². The average Bonchev–Trinajstić information content (AvgIpc) is 2.98. The normalized spacial score (nSPS) is 11.9. The predicted octanol–water partition coefficient (Wildman–Crippen LogP) is 3.23. The number of thiophene rings is 1. The zero-order chi connectivity index (χ0) is 15.1. The number of hydrogen-bond donors (Lipinski definition) is 1. The molecule has 0 bridgehead atoms. The zero-order valence-corrected chi connectivity index (χ0v) is 12.7. The van der Waals surface area contributed by atoms with Gasteiger partial charge in [-0.15, -0.1) is 11.3 Å². The van der Waals surface area contributed by atoms with Crippen LogP contribution in [-0.4, -0.2) is 24.4 Å². The van der Waals surface area contributed by atoms with Crippen molar-refractivity contribution in [3.63, 3.8) is 0 Å². The van der Waals surface area contributed by atoms with Gasteiger partial charge >= 0.3 is 0 Å². The van der Waals surface area contributed by atoms with Crippen molar-refractivity contribution >= 4 is 22.9 Å². The largest absolute Gasteiger partial charge is 0.489 e. The number of nitrogens with zero attached hydrogens (tertiary/aromatic N) is 1. The highest BCUT2D eigenvalue weighted by molar-refractivity contribution is 7.09. The first kappa shape index (κ1) is 15.8. The number of halogens is 1. The molecule has 2 aromatic rings. The van der Waals surface area contributed by atoms with Gasteiger partial charge < -0.3 is 14.6 Å². The third kappa shape index (κ3) is 4.73.